The molecule has 2 N–H and O–H groups in total. The fourth-order valence-electron chi connectivity index (χ4n) is 1.50. The summed E-state index contributed by atoms with van der Waals surface area (Å²) in [5.74, 6) is -2.37. The number of unbranched alkanes of at least 4 members (excludes halogenated alkanes) is 2. The van der Waals surface area contributed by atoms with E-state index in [1.54, 1.807) is 6.08 Å². The summed E-state index contributed by atoms with van der Waals surface area (Å²) in [5.41, 5.74) is 0. The minimum atomic E-state index is -1.08. The monoisotopic (exact) mass is 242 g/mol. The molecule has 98 valence electrons. The van der Waals surface area contributed by atoms with Gasteiger partial charge in [0, 0.05) is 0 Å². The summed E-state index contributed by atoms with van der Waals surface area (Å²) >= 11 is 0. The van der Waals surface area contributed by atoms with Crippen LogP contribution in [0.25, 0.3) is 0 Å². The number of hydrogen-bond donors (Lipinski definition) is 2. The van der Waals surface area contributed by atoms with Gasteiger partial charge in [-0.05, 0) is 18.8 Å². The Morgan fingerprint density at radius 2 is 1.82 bits per heavy atom. The number of carboxylic acid groups (broad SMARTS) is 2. The van der Waals surface area contributed by atoms with E-state index in [1.807, 2.05) is 0 Å². The number of allylic oxidation sites excluding steroid dienone is 1. The minimum absolute atomic E-state index is 0.349. The molecule has 0 fully saturated rings. The fraction of sp³-hybridized carbons (Fsp3) is 0.692. The maximum atomic E-state index is 10.7. The van der Waals surface area contributed by atoms with Gasteiger partial charge in [-0.3, -0.25) is 9.59 Å². The minimum Gasteiger partial charge on any atom is -0.481 e. The summed E-state index contributed by atoms with van der Waals surface area (Å²) in [6.45, 7) is 4.34. The first kappa shape index (κ1) is 15.7. The average Bonchev–Trinajstić information content (AvgIpc) is 2.20. The molecule has 0 spiro atoms. The molecule has 1 unspecified atom stereocenters. The lowest BCUT2D eigenvalue weighted by Crippen LogP contribution is -2.15. The zero-order chi connectivity index (χ0) is 13.3. The molecule has 0 radical (unpaired) electrons. The Morgan fingerprint density at radius 1 is 1.18 bits per heavy atom. The van der Waals surface area contributed by atoms with Crippen LogP contribution in [0.5, 0.6) is 0 Å². The summed E-state index contributed by atoms with van der Waals surface area (Å²) in [4.78, 5) is 21.2. The lowest BCUT2D eigenvalue weighted by Gasteiger charge is -2.04. The number of hydrogen-bond acceptors (Lipinski definition) is 2. The van der Waals surface area contributed by atoms with Crippen molar-refractivity contribution in [3.05, 3.63) is 12.2 Å². The SMILES string of the molecule is CC(C)CCCCC=CC(CC(=O)O)C(=O)O. The highest BCUT2D eigenvalue weighted by atomic mass is 16.4. The third-order valence-corrected chi connectivity index (χ3v) is 2.48. The van der Waals surface area contributed by atoms with Crippen LogP contribution >= 0.6 is 0 Å². The van der Waals surface area contributed by atoms with Crippen LogP contribution in [0.1, 0.15) is 46.0 Å². The molecule has 0 rings (SSSR count). The van der Waals surface area contributed by atoms with Crippen LogP contribution in [-0.2, 0) is 9.59 Å². The highest BCUT2D eigenvalue weighted by molar-refractivity contribution is 5.79. The molecule has 0 aliphatic heterocycles. The van der Waals surface area contributed by atoms with Crippen LogP contribution < -0.4 is 0 Å². The van der Waals surface area contributed by atoms with Crippen molar-refractivity contribution in [3.63, 3.8) is 0 Å². The molecule has 1 atom stereocenters. The van der Waals surface area contributed by atoms with E-state index < -0.39 is 17.9 Å². The molecule has 0 amide bonds. The van der Waals surface area contributed by atoms with Crippen LogP contribution in [0, 0.1) is 11.8 Å². The van der Waals surface area contributed by atoms with E-state index in [4.69, 9.17) is 10.2 Å². The Kier molecular flexibility index (Phi) is 8.11. The molecule has 0 aromatic rings. The molecule has 0 heterocycles. The van der Waals surface area contributed by atoms with Gasteiger partial charge in [-0.1, -0.05) is 38.8 Å². The van der Waals surface area contributed by atoms with Crippen molar-refractivity contribution in [1.82, 2.24) is 0 Å². The van der Waals surface area contributed by atoms with Crippen LogP contribution in [-0.4, -0.2) is 22.2 Å². The lowest BCUT2D eigenvalue weighted by atomic mass is 10.0. The van der Waals surface area contributed by atoms with Gasteiger partial charge < -0.3 is 10.2 Å². The van der Waals surface area contributed by atoms with Crippen LogP contribution in [0.3, 0.4) is 0 Å². The highest BCUT2D eigenvalue weighted by Gasteiger charge is 2.17. The van der Waals surface area contributed by atoms with Crippen molar-refractivity contribution in [2.75, 3.05) is 0 Å². The Morgan fingerprint density at radius 3 is 2.29 bits per heavy atom. The predicted molar refractivity (Wildman–Crippen MR) is 65.8 cm³/mol. The average molecular weight is 242 g/mol. The second kappa shape index (κ2) is 8.79. The molecule has 17 heavy (non-hydrogen) atoms. The number of aliphatic carboxylic acids is 2. The van der Waals surface area contributed by atoms with E-state index in [1.165, 1.54) is 12.5 Å². The molecule has 0 aliphatic carbocycles. The Bertz CT molecular complexity index is 269. The van der Waals surface area contributed by atoms with Crippen molar-refractivity contribution < 1.29 is 19.8 Å². The molecule has 0 aromatic heterocycles. The van der Waals surface area contributed by atoms with Gasteiger partial charge in [0.25, 0.3) is 0 Å². The van der Waals surface area contributed by atoms with Gasteiger partial charge in [0.1, 0.15) is 0 Å². The molecule has 4 nitrogen and oxygen atoms in total. The third kappa shape index (κ3) is 9.60. The summed E-state index contributed by atoms with van der Waals surface area (Å²) < 4.78 is 0. The van der Waals surface area contributed by atoms with Crippen molar-refractivity contribution in [3.8, 4) is 0 Å². The van der Waals surface area contributed by atoms with E-state index in [0.29, 0.717) is 5.92 Å². The van der Waals surface area contributed by atoms with Gasteiger partial charge in [0.05, 0.1) is 12.3 Å². The maximum Gasteiger partial charge on any atom is 0.310 e. The van der Waals surface area contributed by atoms with Crippen molar-refractivity contribution in [2.24, 2.45) is 11.8 Å². The smallest absolute Gasteiger partial charge is 0.310 e. The van der Waals surface area contributed by atoms with Crippen LogP contribution in [0.4, 0.5) is 0 Å². The number of carboxylic acids is 2. The van der Waals surface area contributed by atoms with Crippen LogP contribution in [0.2, 0.25) is 0 Å². The van der Waals surface area contributed by atoms with Crippen LogP contribution in [0.15, 0.2) is 12.2 Å². The molecular weight excluding hydrogens is 220 g/mol. The van der Waals surface area contributed by atoms with Gasteiger partial charge in [-0.2, -0.15) is 0 Å². The Balaban J connectivity index is 3.85. The summed E-state index contributed by atoms with van der Waals surface area (Å²) in [6, 6.07) is 0. The van der Waals surface area contributed by atoms with Gasteiger partial charge in [-0.15, -0.1) is 0 Å². The normalized spacial score (nSPS) is 13.1. The predicted octanol–water partition coefficient (Wildman–Crippen LogP) is 2.93. The molecular formula is C13H22O4. The second-order valence-corrected chi connectivity index (χ2v) is 4.65. The van der Waals surface area contributed by atoms with Crippen molar-refractivity contribution in [1.29, 1.82) is 0 Å². The molecule has 0 saturated carbocycles. The zero-order valence-corrected chi connectivity index (χ0v) is 10.6. The molecule has 0 saturated heterocycles. The van der Waals surface area contributed by atoms with E-state index in [-0.39, 0.29) is 6.42 Å². The largest absolute Gasteiger partial charge is 0.481 e. The third-order valence-electron chi connectivity index (χ3n) is 2.48. The maximum absolute atomic E-state index is 10.7. The quantitative estimate of drug-likeness (QED) is 0.481. The van der Waals surface area contributed by atoms with Gasteiger partial charge in [0.2, 0.25) is 0 Å². The first-order chi connectivity index (χ1) is 7.93. The van der Waals surface area contributed by atoms with E-state index >= 15 is 0 Å². The second-order valence-electron chi connectivity index (χ2n) is 4.65. The van der Waals surface area contributed by atoms with Crippen molar-refractivity contribution in [2.45, 2.75) is 46.0 Å². The summed E-state index contributed by atoms with van der Waals surface area (Å²) in [6.07, 6.45) is 7.06. The number of carbonyl (C=O) groups is 2. The Hall–Kier alpha value is -1.32. The van der Waals surface area contributed by atoms with E-state index in [0.717, 1.165) is 19.3 Å². The zero-order valence-electron chi connectivity index (χ0n) is 10.6. The first-order valence-electron chi connectivity index (χ1n) is 6.04. The van der Waals surface area contributed by atoms with Gasteiger partial charge in [0.15, 0.2) is 0 Å². The summed E-state index contributed by atoms with van der Waals surface area (Å²) in [7, 11) is 0. The standard InChI is InChI=1S/C13H22O4/c1-10(2)7-5-3-4-6-8-11(13(16)17)9-12(14)15/h6,8,10-11H,3-5,7,9H2,1-2H3,(H,14,15)(H,16,17). The molecule has 0 bridgehead atoms. The van der Waals surface area contributed by atoms with E-state index in [2.05, 4.69) is 13.8 Å². The van der Waals surface area contributed by atoms with Gasteiger partial charge in [-0.25, -0.2) is 0 Å². The number of rotatable bonds is 9. The topological polar surface area (TPSA) is 74.6 Å². The van der Waals surface area contributed by atoms with Gasteiger partial charge >= 0.3 is 11.9 Å². The summed E-state index contributed by atoms with van der Waals surface area (Å²) in [5, 5.41) is 17.3. The first-order valence-corrected chi connectivity index (χ1v) is 6.04. The van der Waals surface area contributed by atoms with E-state index in [9.17, 15) is 9.59 Å². The highest BCUT2D eigenvalue weighted by Crippen LogP contribution is 2.10. The Labute approximate surface area is 102 Å². The van der Waals surface area contributed by atoms with Crippen molar-refractivity contribution >= 4 is 11.9 Å². The molecule has 0 aromatic carbocycles. The molecule has 4 heteroatoms. The lowest BCUT2D eigenvalue weighted by molar-refractivity contribution is -0.146. The fourth-order valence-corrected chi connectivity index (χ4v) is 1.50. The molecule has 0 aliphatic rings.